The molecule has 90 valence electrons. The van der Waals surface area contributed by atoms with E-state index in [1.165, 1.54) is 0 Å². The fraction of sp³-hybridized carbons (Fsp3) is 0.308. The van der Waals surface area contributed by atoms with Gasteiger partial charge in [-0.2, -0.15) is 0 Å². The number of nitrogens with zero attached hydrogens (tertiary/aromatic N) is 2. The molecule has 0 aromatic heterocycles. The van der Waals surface area contributed by atoms with E-state index in [1.807, 2.05) is 24.3 Å². The maximum absolute atomic E-state index is 12.1. The predicted molar refractivity (Wildman–Crippen MR) is 68.8 cm³/mol. The highest BCUT2D eigenvalue weighted by Gasteiger charge is 2.27. The molecular weight excluding hydrogens is 214 g/mol. The molecule has 0 spiro atoms. The van der Waals surface area contributed by atoms with Crippen molar-refractivity contribution >= 4 is 11.7 Å². The second kappa shape index (κ2) is 4.59. The van der Waals surface area contributed by atoms with Gasteiger partial charge in [-0.05, 0) is 17.2 Å². The first-order valence-electron chi connectivity index (χ1n) is 5.60. The zero-order valence-electron chi connectivity index (χ0n) is 10.0. The summed E-state index contributed by atoms with van der Waals surface area (Å²) in [5, 5.41) is 0. The Bertz CT molecular complexity index is 456. The van der Waals surface area contributed by atoms with Gasteiger partial charge in [-0.1, -0.05) is 24.8 Å². The van der Waals surface area contributed by atoms with Gasteiger partial charge in [0.15, 0.2) is 0 Å². The number of para-hydroxylation sites is 1. The number of fused-ring (bicyclic) bond motifs is 1. The van der Waals surface area contributed by atoms with Crippen LogP contribution in [0, 0.1) is 0 Å². The van der Waals surface area contributed by atoms with Crippen molar-refractivity contribution in [3.8, 4) is 0 Å². The summed E-state index contributed by atoms with van der Waals surface area (Å²) in [5.74, 6) is 0. The van der Waals surface area contributed by atoms with Crippen LogP contribution in [0.25, 0.3) is 0 Å². The Labute approximate surface area is 101 Å². The molecule has 0 bridgehead atoms. The van der Waals surface area contributed by atoms with Gasteiger partial charge in [0, 0.05) is 26.7 Å². The summed E-state index contributed by atoms with van der Waals surface area (Å²) >= 11 is 0. The molecule has 0 aliphatic carbocycles. The lowest BCUT2D eigenvalue weighted by molar-refractivity contribution is 0.211. The Kier molecular flexibility index (Phi) is 3.15. The van der Waals surface area contributed by atoms with Crippen LogP contribution in [0.3, 0.4) is 0 Å². The van der Waals surface area contributed by atoms with E-state index in [4.69, 9.17) is 5.73 Å². The molecule has 1 aromatic rings. The summed E-state index contributed by atoms with van der Waals surface area (Å²) in [6.45, 7) is 5.40. The van der Waals surface area contributed by atoms with Crippen molar-refractivity contribution < 1.29 is 4.79 Å². The molecule has 0 atom stereocenters. The van der Waals surface area contributed by atoms with E-state index in [1.54, 1.807) is 16.8 Å². The normalized spacial score (nSPS) is 14.8. The lowest BCUT2D eigenvalue weighted by atomic mass is 10.1. The summed E-state index contributed by atoms with van der Waals surface area (Å²) in [6.07, 6.45) is 0. The summed E-state index contributed by atoms with van der Waals surface area (Å²) in [6, 6.07) is 7.92. The van der Waals surface area contributed by atoms with Crippen LogP contribution >= 0.6 is 0 Å². The minimum Gasteiger partial charge on any atom is -0.327 e. The lowest BCUT2D eigenvalue weighted by Crippen LogP contribution is -2.46. The summed E-state index contributed by atoms with van der Waals surface area (Å²) in [7, 11) is 1.80. The number of urea groups is 1. The average molecular weight is 231 g/mol. The Morgan fingerprint density at radius 1 is 1.47 bits per heavy atom. The highest BCUT2D eigenvalue weighted by Crippen LogP contribution is 2.27. The third-order valence-electron chi connectivity index (χ3n) is 2.92. The molecule has 1 aliphatic rings. The van der Waals surface area contributed by atoms with E-state index in [0.29, 0.717) is 19.6 Å². The van der Waals surface area contributed by atoms with Gasteiger partial charge in [-0.25, -0.2) is 4.79 Å². The van der Waals surface area contributed by atoms with Gasteiger partial charge in [-0.3, -0.25) is 4.90 Å². The van der Waals surface area contributed by atoms with Crippen molar-refractivity contribution in [3.05, 3.63) is 42.0 Å². The van der Waals surface area contributed by atoms with Gasteiger partial charge in [0.1, 0.15) is 0 Å². The summed E-state index contributed by atoms with van der Waals surface area (Å²) in [4.78, 5) is 15.5. The Morgan fingerprint density at radius 3 is 2.88 bits per heavy atom. The number of benzene rings is 1. The zero-order valence-corrected chi connectivity index (χ0v) is 10.0. The van der Waals surface area contributed by atoms with Gasteiger partial charge < -0.3 is 10.6 Å². The van der Waals surface area contributed by atoms with Crippen LogP contribution in [-0.2, 0) is 6.54 Å². The van der Waals surface area contributed by atoms with Crippen LogP contribution < -0.4 is 10.6 Å². The molecule has 17 heavy (non-hydrogen) atoms. The maximum atomic E-state index is 12.1. The third-order valence-corrected chi connectivity index (χ3v) is 2.92. The number of nitrogens with two attached hydrogens (primary N) is 1. The second-order valence-electron chi connectivity index (χ2n) is 4.31. The van der Waals surface area contributed by atoms with E-state index in [2.05, 4.69) is 6.58 Å². The summed E-state index contributed by atoms with van der Waals surface area (Å²) in [5.41, 5.74) is 8.50. The monoisotopic (exact) mass is 231 g/mol. The minimum atomic E-state index is -0.00157. The maximum Gasteiger partial charge on any atom is 0.324 e. The molecule has 2 rings (SSSR count). The van der Waals surface area contributed by atoms with Crippen LogP contribution in [0.4, 0.5) is 10.5 Å². The number of carbonyl (C=O) groups is 1. The third kappa shape index (κ3) is 2.17. The van der Waals surface area contributed by atoms with Crippen molar-refractivity contribution in [2.75, 3.05) is 25.0 Å². The SMILES string of the molecule is C=C(CN)CN1C(=O)N(C)Cc2ccccc21. The van der Waals surface area contributed by atoms with E-state index in [-0.39, 0.29) is 6.03 Å². The van der Waals surface area contributed by atoms with Crippen molar-refractivity contribution in [3.63, 3.8) is 0 Å². The van der Waals surface area contributed by atoms with E-state index in [9.17, 15) is 4.79 Å². The molecule has 0 saturated heterocycles. The first-order chi connectivity index (χ1) is 8.13. The topological polar surface area (TPSA) is 49.6 Å². The largest absolute Gasteiger partial charge is 0.327 e. The van der Waals surface area contributed by atoms with Crippen LogP contribution in [0.1, 0.15) is 5.56 Å². The van der Waals surface area contributed by atoms with Gasteiger partial charge in [0.25, 0.3) is 0 Å². The number of carbonyl (C=O) groups excluding carboxylic acids is 1. The number of amides is 2. The summed E-state index contributed by atoms with van der Waals surface area (Å²) < 4.78 is 0. The van der Waals surface area contributed by atoms with E-state index < -0.39 is 0 Å². The molecular formula is C13H17N3O. The highest BCUT2D eigenvalue weighted by molar-refractivity contribution is 5.95. The molecule has 2 N–H and O–H groups in total. The Hall–Kier alpha value is -1.81. The first kappa shape index (κ1) is 11.7. The highest BCUT2D eigenvalue weighted by atomic mass is 16.2. The second-order valence-corrected chi connectivity index (χ2v) is 4.31. The number of hydrogen-bond acceptors (Lipinski definition) is 2. The Balaban J connectivity index is 2.35. The lowest BCUT2D eigenvalue weighted by Gasteiger charge is -2.35. The molecule has 0 fully saturated rings. The number of anilines is 1. The fourth-order valence-electron chi connectivity index (χ4n) is 1.98. The number of rotatable bonds is 3. The van der Waals surface area contributed by atoms with Crippen LogP contribution in [0.2, 0.25) is 0 Å². The Morgan fingerprint density at radius 2 is 2.18 bits per heavy atom. The standard InChI is InChI=1S/C13H17N3O/c1-10(7-14)8-16-12-6-4-3-5-11(12)9-15(2)13(16)17/h3-6H,1,7-9,14H2,2H3. The van der Waals surface area contributed by atoms with Crippen molar-refractivity contribution in [2.24, 2.45) is 5.73 Å². The van der Waals surface area contributed by atoms with Gasteiger partial charge in [-0.15, -0.1) is 0 Å². The number of hydrogen-bond donors (Lipinski definition) is 1. The van der Waals surface area contributed by atoms with Crippen molar-refractivity contribution in [1.29, 1.82) is 0 Å². The van der Waals surface area contributed by atoms with Gasteiger partial charge in [0.05, 0.1) is 5.69 Å². The smallest absolute Gasteiger partial charge is 0.324 e. The van der Waals surface area contributed by atoms with E-state index in [0.717, 1.165) is 16.8 Å². The molecule has 0 radical (unpaired) electrons. The molecule has 0 saturated carbocycles. The van der Waals surface area contributed by atoms with Crippen LogP contribution in [0.15, 0.2) is 36.4 Å². The van der Waals surface area contributed by atoms with Crippen molar-refractivity contribution in [1.82, 2.24) is 4.90 Å². The first-order valence-corrected chi connectivity index (χ1v) is 5.60. The van der Waals surface area contributed by atoms with Gasteiger partial charge in [0.2, 0.25) is 0 Å². The van der Waals surface area contributed by atoms with Crippen LogP contribution in [-0.4, -0.2) is 31.1 Å². The van der Waals surface area contributed by atoms with Gasteiger partial charge >= 0.3 is 6.03 Å². The van der Waals surface area contributed by atoms with Crippen LogP contribution in [0.5, 0.6) is 0 Å². The quantitative estimate of drug-likeness (QED) is 0.803. The molecule has 0 unspecified atom stereocenters. The zero-order chi connectivity index (χ0) is 12.4. The minimum absolute atomic E-state index is 0.00157. The molecule has 4 heteroatoms. The molecule has 2 amide bonds. The average Bonchev–Trinajstić information content (AvgIpc) is 2.34. The molecule has 1 aromatic carbocycles. The van der Waals surface area contributed by atoms with E-state index >= 15 is 0 Å². The van der Waals surface area contributed by atoms with Crippen molar-refractivity contribution in [2.45, 2.75) is 6.54 Å². The molecule has 1 aliphatic heterocycles. The predicted octanol–water partition coefficient (Wildman–Crippen LogP) is 1.57. The fourth-order valence-corrected chi connectivity index (χ4v) is 1.98. The molecule has 1 heterocycles. The molecule has 4 nitrogen and oxygen atoms in total.